The van der Waals surface area contributed by atoms with Crippen molar-refractivity contribution in [1.29, 1.82) is 0 Å². The molecule has 0 aliphatic carbocycles. The van der Waals surface area contributed by atoms with Crippen molar-refractivity contribution in [3.8, 4) is 5.75 Å². The third-order valence-electron chi connectivity index (χ3n) is 2.85. The van der Waals surface area contributed by atoms with Crippen molar-refractivity contribution in [2.24, 2.45) is 0 Å². The van der Waals surface area contributed by atoms with E-state index in [1.54, 1.807) is 19.2 Å². The normalized spacial score (nSPS) is 9.92. The molecule has 0 saturated carbocycles. The summed E-state index contributed by atoms with van der Waals surface area (Å²) in [4.78, 5) is 35.3. The van der Waals surface area contributed by atoms with Crippen molar-refractivity contribution < 1.29 is 23.9 Å². The molecule has 0 atom stereocenters. The number of rotatable bonds is 9. The number of methoxy groups -OCH3 is 1. The Morgan fingerprint density at radius 2 is 1.88 bits per heavy atom. The van der Waals surface area contributed by atoms with E-state index in [0.29, 0.717) is 6.54 Å². The third kappa shape index (κ3) is 8.42. The van der Waals surface area contributed by atoms with Crippen molar-refractivity contribution >= 4 is 29.7 Å². The van der Waals surface area contributed by atoms with Gasteiger partial charge in [-0.05, 0) is 30.7 Å². The van der Waals surface area contributed by atoms with E-state index in [1.807, 2.05) is 19.1 Å². The van der Waals surface area contributed by atoms with Crippen LogP contribution in [0.2, 0.25) is 0 Å². The molecule has 1 aromatic carbocycles. The summed E-state index contributed by atoms with van der Waals surface area (Å²) in [5, 5.41) is 4.63. The molecule has 1 rings (SSSR count). The number of carbonyl (C=O) groups is 3. The van der Waals surface area contributed by atoms with E-state index in [1.165, 1.54) is 11.8 Å². The van der Waals surface area contributed by atoms with E-state index >= 15 is 0 Å². The van der Waals surface area contributed by atoms with Gasteiger partial charge in [-0.25, -0.2) is 4.79 Å². The van der Waals surface area contributed by atoms with Gasteiger partial charge in [-0.2, -0.15) is 0 Å². The van der Waals surface area contributed by atoms with Gasteiger partial charge in [0.1, 0.15) is 5.75 Å². The van der Waals surface area contributed by atoms with Gasteiger partial charge in [-0.1, -0.05) is 13.3 Å². The van der Waals surface area contributed by atoms with Gasteiger partial charge in [0.25, 0.3) is 5.91 Å². The summed E-state index contributed by atoms with van der Waals surface area (Å²) in [6.07, 6.45) is 1.77. The topological polar surface area (TPSA) is 93.7 Å². The number of unbranched alkanes of at least 4 members (excludes halogenated alkanes) is 1. The Morgan fingerprint density at radius 3 is 2.50 bits per heavy atom. The molecule has 1 aromatic rings. The average Bonchev–Trinajstić information content (AvgIpc) is 2.58. The van der Waals surface area contributed by atoms with E-state index in [2.05, 4.69) is 10.6 Å². The van der Waals surface area contributed by atoms with E-state index in [-0.39, 0.29) is 5.75 Å². The van der Waals surface area contributed by atoms with Crippen molar-refractivity contribution in [3.63, 3.8) is 0 Å². The second kappa shape index (κ2) is 11.3. The lowest BCUT2D eigenvalue weighted by atomic mass is 10.3. The van der Waals surface area contributed by atoms with Crippen LogP contribution in [0, 0.1) is 0 Å². The number of urea groups is 1. The molecule has 7 nitrogen and oxygen atoms in total. The largest absolute Gasteiger partial charge is 0.497 e. The van der Waals surface area contributed by atoms with Crippen LogP contribution in [-0.4, -0.2) is 43.9 Å². The number of thioether (sulfide) groups is 1. The highest BCUT2D eigenvalue weighted by atomic mass is 32.2. The SMILES string of the molecule is CCCCNC(=O)NC(=O)COC(=O)CSc1ccc(OC)cc1. The predicted molar refractivity (Wildman–Crippen MR) is 91.1 cm³/mol. The van der Waals surface area contributed by atoms with E-state index < -0.39 is 24.5 Å². The fourth-order valence-corrected chi connectivity index (χ4v) is 2.28. The number of nitrogens with one attached hydrogen (secondary N) is 2. The van der Waals surface area contributed by atoms with Gasteiger partial charge in [0, 0.05) is 11.4 Å². The summed E-state index contributed by atoms with van der Waals surface area (Å²) >= 11 is 1.29. The van der Waals surface area contributed by atoms with E-state index in [0.717, 1.165) is 23.5 Å². The molecule has 0 heterocycles. The molecule has 0 aromatic heterocycles. The van der Waals surface area contributed by atoms with Crippen LogP contribution in [-0.2, 0) is 14.3 Å². The van der Waals surface area contributed by atoms with Crippen LogP contribution < -0.4 is 15.4 Å². The van der Waals surface area contributed by atoms with Crippen LogP contribution in [0.1, 0.15) is 19.8 Å². The summed E-state index contributed by atoms with van der Waals surface area (Å²) in [6.45, 7) is 2.01. The van der Waals surface area contributed by atoms with Crippen LogP contribution in [0.5, 0.6) is 5.75 Å². The Kier molecular flexibility index (Phi) is 9.36. The molecule has 132 valence electrons. The summed E-state index contributed by atoms with van der Waals surface area (Å²) in [5.74, 6) is -0.387. The first-order valence-corrected chi connectivity index (χ1v) is 8.54. The molecule has 0 aliphatic heterocycles. The van der Waals surface area contributed by atoms with Crippen molar-refractivity contribution in [2.45, 2.75) is 24.7 Å². The van der Waals surface area contributed by atoms with Crippen LogP contribution >= 0.6 is 11.8 Å². The van der Waals surface area contributed by atoms with Gasteiger partial charge in [0.05, 0.1) is 12.9 Å². The van der Waals surface area contributed by atoms with E-state index in [9.17, 15) is 14.4 Å². The first-order chi connectivity index (χ1) is 11.5. The highest BCUT2D eigenvalue weighted by Gasteiger charge is 2.11. The van der Waals surface area contributed by atoms with E-state index in [4.69, 9.17) is 9.47 Å². The summed E-state index contributed by atoms with van der Waals surface area (Å²) in [7, 11) is 1.58. The lowest BCUT2D eigenvalue weighted by molar-refractivity contribution is -0.145. The molecule has 0 fully saturated rings. The second-order valence-corrected chi connectivity index (χ2v) is 5.83. The fourth-order valence-electron chi connectivity index (χ4n) is 1.59. The summed E-state index contributed by atoms with van der Waals surface area (Å²) in [6, 6.07) is 6.64. The molecular weight excluding hydrogens is 332 g/mol. The van der Waals surface area contributed by atoms with Crippen molar-refractivity contribution in [3.05, 3.63) is 24.3 Å². The number of carbonyl (C=O) groups excluding carboxylic acids is 3. The predicted octanol–water partition coefficient (Wildman–Crippen LogP) is 1.96. The minimum atomic E-state index is -0.660. The zero-order valence-electron chi connectivity index (χ0n) is 13.8. The van der Waals surface area contributed by atoms with Gasteiger partial charge in [0.15, 0.2) is 6.61 Å². The number of hydrogen-bond donors (Lipinski definition) is 2. The molecule has 8 heteroatoms. The van der Waals surface area contributed by atoms with Crippen molar-refractivity contribution in [1.82, 2.24) is 10.6 Å². The molecule has 0 bridgehead atoms. The minimum absolute atomic E-state index is 0.0717. The standard InChI is InChI=1S/C16H22N2O5S/c1-3-4-9-17-16(21)18-14(19)10-23-15(20)11-24-13-7-5-12(22-2)6-8-13/h5-8H,3-4,9-11H2,1-2H3,(H2,17,18,19,21). The quantitative estimate of drug-likeness (QED) is 0.400. The monoisotopic (exact) mass is 354 g/mol. The van der Waals surface area contributed by atoms with Gasteiger partial charge in [0.2, 0.25) is 0 Å². The first-order valence-electron chi connectivity index (χ1n) is 7.55. The highest BCUT2D eigenvalue weighted by Crippen LogP contribution is 2.21. The van der Waals surface area contributed by atoms with Gasteiger partial charge in [-0.15, -0.1) is 11.8 Å². The number of hydrogen-bond acceptors (Lipinski definition) is 6. The molecule has 2 N–H and O–H groups in total. The zero-order valence-corrected chi connectivity index (χ0v) is 14.6. The van der Waals surface area contributed by atoms with Gasteiger partial charge >= 0.3 is 12.0 Å². The molecule has 0 radical (unpaired) electrons. The molecule has 0 aliphatic rings. The van der Waals surface area contributed by atoms with Crippen LogP contribution in [0.3, 0.4) is 0 Å². The smallest absolute Gasteiger partial charge is 0.321 e. The molecule has 0 spiro atoms. The van der Waals surface area contributed by atoms with Crippen LogP contribution in [0.15, 0.2) is 29.2 Å². The Morgan fingerprint density at radius 1 is 1.17 bits per heavy atom. The lowest BCUT2D eigenvalue weighted by Crippen LogP contribution is -2.41. The third-order valence-corrected chi connectivity index (χ3v) is 3.83. The molecular formula is C16H22N2O5S. The maximum atomic E-state index is 11.6. The molecule has 24 heavy (non-hydrogen) atoms. The number of esters is 1. The number of benzene rings is 1. The highest BCUT2D eigenvalue weighted by molar-refractivity contribution is 8.00. The molecule has 3 amide bonds. The van der Waals surface area contributed by atoms with Crippen LogP contribution in [0.4, 0.5) is 4.79 Å². The van der Waals surface area contributed by atoms with Crippen LogP contribution in [0.25, 0.3) is 0 Å². The average molecular weight is 354 g/mol. The molecule has 0 unspecified atom stereocenters. The summed E-state index contributed by atoms with van der Waals surface area (Å²) in [5.41, 5.74) is 0. The molecule has 0 saturated heterocycles. The lowest BCUT2D eigenvalue weighted by Gasteiger charge is -2.07. The Bertz CT molecular complexity index is 548. The fraction of sp³-hybridized carbons (Fsp3) is 0.438. The maximum Gasteiger partial charge on any atom is 0.321 e. The van der Waals surface area contributed by atoms with Crippen molar-refractivity contribution in [2.75, 3.05) is 26.0 Å². The number of ether oxygens (including phenoxy) is 2. The first kappa shape index (κ1) is 19.8. The minimum Gasteiger partial charge on any atom is -0.497 e. The maximum absolute atomic E-state index is 11.6. The van der Waals surface area contributed by atoms with Gasteiger partial charge < -0.3 is 14.8 Å². The van der Waals surface area contributed by atoms with Gasteiger partial charge in [-0.3, -0.25) is 14.9 Å². The number of imide groups is 1. The second-order valence-electron chi connectivity index (χ2n) is 4.78. The zero-order chi connectivity index (χ0) is 17.8. The Hall–Kier alpha value is -2.22. The Balaban J connectivity index is 2.20. The number of amides is 3. The summed E-state index contributed by atoms with van der Waals surface area (Å²) < 4.78 is 9.86. The Labute approximate surface area is 145 Å².